The van der Waals surface area contributed by atoms with Gasteiger partial charge >= 0.3 is 0 Å². The summed E-state index contributed by atoms with van der Waals surface area (Å²) in [6.07, 6.45) is 0.723. The van der Waals surface area contributed by atoms with Crippen LogP contribution in [0.25, 0.3) is 0 Å². The number of amides is 2. The summed E-state index contributed by atoms with van der Waals surface area (Å²) in [5, 5.41) is 5.41. The summed E-state index contributed by atoms with van der Waals surface area (Å²) in [7, 11) is 1.62. The van der Waals surface area contributed by atoms with Gasteiger partial charge in [-0.2, -0.15) is 0 Å². The molecule has 2 rings (SSSR count). The van der Waals surface area contributed by atoms with Gasteiger partial charge in [-0.3, -0.25) is 9.59 Å². The molecular formula is C19H21FN2O3S. The SMILES string of the molecule is COc1ccc(CCNC(=O)CSCC(=O)Nc2cccc(F)c2)cc1. The van der Waals surface area contributed by atoms with Gasteiger partial charge in [0, 0.05) is 12.2 Å². The average molecular weight is 376 g/mol. The van der Waals surface area contributed by atoms with E-state index in [0.29, 0.717) is 12.2 Å². The standard InChI is InChI=1S/C19H21FN2O3S/c1-25-17-7-5-14(6-8-17)9-10-21-18(23)12-26-13-19(24)22-16-4-2-3-15(20)11-16/h2-8,11H,9-10,12-13H2,1H3,(H,21,23)(H,22,24). The zero-order valence-electron chi connectivity index (χ0n) is 14.5. The van der Waals surface area contributed by atoms with E-state index in [0.717, 1.165) is 17.7 Å². The van der Waals surface area contributed by atoms with Crippen LogP contribution in [-0.4, -0.2) is 37.0 Å². The number of nitrogens with one attached hydrogen (secondary N) is 2. The molecule has 0 radical (unpaired) electrons. The monoisotopic (exact) mass is 376 g/mol. The van der Waals surface area contributed by atoms with Crippen LogP contribution in [0.3, 0.4) is 0 Å². The fourth-order valence-corrected chi connectivity index (χ4v) is 2.84. The van der Waals surface area contributed by atoms with E-state index in [9.17, 15) is 14.0 Å². The van der Waals surface area contributed by atoms with Crippen LogP contribution in [0.1, 0.15) is 5.56 Å². The summed E-state index contributed by atoms with van der Waals surface area (Å²) in [6, 6.07) is 13.3. The first-order chi connectivity index (χ1) is 12.6. The van der Waals surface area contributed by atoms with E-state index in [2.05, 4.69) is 10.6 Å². The number of hydrogen-bond donors (Lipinski definition) is 2. The maximum absolute atomic E-state index is 13.0. The number of ether oxygens (including phenoxy) is 1. The Hall–Kier alpha value is -2.54. The number of methoxy groups -OCH3 is 1. The van der Waals surface area contributed by atoms with Crippen molar-refractivity contribution < 1.29 is 18.7 Å². The molecule has 0 aliphatic rings. The molecule has 0 spiro atoms. The molecule has 0 saturated carbocycles. The molecule has 0 aliphatic carbocycles. The van der Waals surface area contributed by atoms with Crippen LogP contribution in [0.2, 0.25) is 0 Å². The quantitative estimate of drug-likeness (QED) is 0.706. The van der Waals surface area contributed by atoms with Crippen molar-refractivity contribution in [3.05, 3.63) is 59.9 Å². The predicted octanol–water partition coefficient (Wildman–Crippen LogP) is 2.86. The third-order valence-electron chi connectivity index (χ3n) is 3.47. The Morgan fingerprint density at radius 2 is 1.81 bits per heavy atom. The first-order valence-corrected chi connectivity index (χ1v) is 9.25. The van der Waals surface area contributed by atoms with Crippen molar-refractivity contribution in [1.82, 2.24) is 5.32 Å². The molecule has 0 fully saturated rings. The number of rotatable bonds is 9. The lowest BCUT2D eigenvalue weighted by molar-refractivity contribution is -0.118. The van der Waals surface area contributed by atoms with Gasteiger partial charge in [0.1, 0.15) is 11.6 Å². The number of hydrogen-bond acceptors (Lipinski definition) is 4. The van der Waals surface area contributed by atoms with Crippen molar-refractivity contribution in [3.63, 3.8) is 0 Å². The minimum atomic E-state index is -0.410. The molecule has 2 N–H and O–H groups in total. The van der Waals surface area contributed by atoms with Crippen molar-refractivity contribution >= 4 is 29.3 Å². The van der Waals surface area contributed by atoms with Crippen molar-refractivity contribution in [2.75, 3.05) is 30.5 Å². The van der Waals surface area contributed by atoms with Crippen LogP contribution in [0.15, 0.2) is 48.5 Å². The Morgan fingerprint density at radius 3 is 2.50 bits per heavy atom. The molecule has 5 nitrogen and oxygen atoms in total. The molecule has 7 heteroatoms. The lowest BCUT2D eigenvalue weighted by Gasteiger charge is -2.07. The molecule has 0 aliphatic heterocycles. The second-order valence-corrected chi connectivity index (χ2v) is 6.48. The number of carbonyl (C=O) groups is 2. The van der Waals surface area contributed by atoms with Gasteiger partial charge in [0.25, 0.3) is 0 Å². The zero-order valence-corrected chi connectivity index (χ0v) is 15.3. The van der Waals surface area contributed by atoms with Crippen molar-refractivity contribution in [3.8, 4) is 5.75 Å². The second kappa shape index (κ2) is 10.5. The number of benzene rings is 2. The molecule has 138 valence electrons. The Morgan fingerprint density at radius 1 is 1.08 bits per heavy atom. The normalized spacial score (nSPS) is 10.2. The Kier molecular flexibility index (Phi) is 7.95. The molecule has 2 amide bonds. The van der Waals surface area contributed by atoms with Gasteiger partial charge in [0.05, 0.1) is 18.6 Å². The van der Waals surface area contributed by atoms with E-state index in [1.807, 2.05) is 24.3 Å². The van der Waals surface area contributed by atoms with Gasteiger partial charge in [-0.1, -0.05) is 18.2 Å². The van der Waals surface area contributed by atoms with Crippen molar-refractivity contribution in [2.24, 2.45) is 0 Å². The van der Waals surface area contributed by atoms with Gasteiger partial charge in [-0.15, -0.1) is 11.8 Å². The number of anilines is 1. The van der Waals surface area contributed by atoms with Crippen LogP contribution < -0.4 is 15.4 Å². The smallest absolute Gasteiger partial charge is 0.234 e. The summed E-state index contributed by atoms with van der Waals surface area (Å²) in [5.74, 6) is 0.313. The van der Waals surface area contributed by atoms with Crippen LogP contribution in [0, 0.1) is 5.82 Å². The maximum Gasteiger partial charge on any atom is 0.234 e. The predicted molar refractivity (Wildman–Crippen MR) is 102 cm³/mol. The Balaban J connectivity index is 1.60. The Bertz CT molecular complexity index is 738. The zero-order chi connectivity index (χ0) is 18.8. The van der Waals surface area contributed by atoms with Crippen LogP contribution in [0.5, 0.6) is 5.75 Å². The maximum atomic E-state index is 13.0. The highest BCUT2D eigenvalue weighted by Crippen LogP contribution is 2.12. The summed E-state index contributed by atoms with van der Waals surface area (Å²) >= 11 is 1.21. The molecule has 2 aromatic carbocycles. The van der Waals surface area contributed by atoms with Crippen molar-refractivity contribution in [1.29, 1.82) is 0 Å². The van der Waals surface area contributed by atoms with E-state index in [1.165, 1.54) is 30.0 Å². The molecule has 26 heavy (non-hydrogen) atoms. The van der Waals surface area contributed by atoms with E-state index in [4.69, 9.17) is 4.74 Å². The molecule has 2 aromatic rings. The first kappa shape index (κ1) is 19.8. The fraction of sp³-hybridized carbons (Fsp3) is 0.263. The largest absolute Gasteiger partial charge is 0.497 e. The highest BCUT2D eigenvalue weighted by molar-refractivity contribution is 8.00. The topological polar surface area (TPSA) is 67.4 Å². The first-order valence-electron chi connectivity index (χ1n) is 8.09. The second-order valence-electron chi connectivity index (χ2n) is 5.50. The number of carbonyl (C=O) groups excluding carboxylic acids is 2. The lowest BCUT2D eigenvalue weighted by Crippen LogP contribution is -2.28. The lowest BCUT2D eigenvalue weighted by atomic mass is 10.1. The number of thioether (sulfide) groups is 1. The summed E-state index contributed by atoms with van der Waals surface area (Å²) in [6.45, 7) is 0.529. The molecule has 0 saturated heterocycles. The van der Waals surface area contributed by atoms with Gasteiger partial charge in [0.2, 0.25) is 11.8 Å². The van der Waals surface area contributed by atoms with Gasteiger partial charge in [-0.05, 0) is 42.3 Å². The van der Waals surface area contributed by atoms with Gasteiger partial charge < -0.3 is 15.4 Å². The molecule has 0 unspecified atom stereocenters. The van der Waals surface area contributed by atoms with Crippen molar-refractivity contribution in [2.45, 2.75) is 6.42 Å². The fourth-order valence-electron chi connectivity index (χ4n) is 2.19. The average Bonchev–Trinajstić information content (AvgIpc) is 2.62. The summed E-state index contributed by atoms with van der Waals surface area (Å²) in [4.78, 5) is 23.5. The molecule has 0 heterocycles. The van der Waals surface area contributed by atoms with E-state index >= 15 is 0 Å². The highest BCUT2D eigenvalue weighted by Gasteiger charge is 2.06. The van der Waals surface area contributed by atoms with Gasteiger partial charge in [-0.25, -0.2) is 4.39 Å². The van der Waals surface area contributed by atoms with E-state index in [1.54, 1.807) is 13.2 Å². The van der Waals surface area contributed by atoms with E-state index in [-0.39, 0.29) is 23.3 Å². The van der Waals surface area contributed by atoms with E-state index < -0.39 is 5.82 Å². The minimum Gasteiger partial charge on any atom is -0.497 e. The van der Waals surface area contributed by atoms with Gasteiger partial charge in [0.15, 0.2) is 0 Å². The molecule has 0 aromatic heterocycles. The molecular weight excluding hydrogens is 355 g/mol. The third-order valence-corrected chi connectivity index (χ3v) is 4.40. The molecule has 0 bridgehead atoms. The summed E-state index contributed by atoms with van der Waals surface area (Å²) < 4.78 is 18.1. The minimum absolute atomic E-state index is 0.123. The highest BCUT2D eigenvalue weighted by atomic mass is 32.2. The van der Waals surface area contributed by atoms with Crippen LogP contribution >= 0.6 is 11.8 Å². The number of halogens is 1. The Labute approximate surface area is 156 Å². The molecule has 0 atom stereocenters. The third kappa shape index (κ3) is 7.14. The van der Waals surface area contributed by atoms with Crippen LogP contribution in [0.4, 0.5) is 10.1 Å². The summed E-state index contributed by atoms with van der Waals surface area (Å²) in [5.41, 5.74) is 1.51. The van der Waals surface area contributed by atoms with Crippen LogP contribution in [-0.2, 0) is 16.0 Å².